The van der Waals surface area contributed by atoms with Crippen LogP contribution in [0.1, 0.15) is 73.0 Å². The predicted octanol–water partition coefficient (Wildman–Crippen LogP) is 7.43. The molecule has 0 radical (unpaired) electrons. The minimum Gasteiger partial charge on any atom is -0.466 e. The largest absolute Gasteiger partial charge is 0.466 e. The molecule has 2 aliphatic rings. The van der Waals surface area contributed by atoms with Gasteiger partial charge in [-0.05, 0) is 86.6 Å². The molecule has 264 valence electrons. The summed E-state index contributed by atoms with van der Waals surface area (Å²) >= 11 is 0. The Kier molecular flexibility index (Phi) is 11.2. The number of nitrogens with zero attached hydrogens (tertiary/aromatic N) is 4. The van der Waals surface area contributed by atoms with Gasteiger partial charge in [-0.3, -0.25) is 4.79 Å². The van der Waals surface area contributed by atoms with Crippen LogP contribution in [0.2, 0.25) is 0 Å². The first kappa shape index (κ1) is 36.8. The number of alkyl halides is 6. The monoisotopic (exact) mass is 688 g/mol. The molecule has 2 aliphatic heterocycles. The molecule has 4 amide bonds. The van der Waals surface area contributed by atoms with E-state index in [2.05, 4.69) is 0 Å². The maximum Gasteiger partial charge on any atom is 0.416 e. The van der Waals surface area contributed by atoms with E-state index in [4.69, 9.17) is 4.74 Å². The third-order valence-electron chi connectivity index (χ3n) is 9.11. The van der Waals surface area contributed by atoms with Crippen molar-refractivity contribution in [3.63, 3.8) is 0 Å². The number of likely N-dealkylation sites (tertiary alicyclic amines) is 1. The maximum absolute atomic E-state index is 14.1. The highest BCUT2D eigenvalue weighted by Gasteiger charge is 2.40. The van der Waals surface area contributed by atoms with Gasteiger partial charge in [-0.25, -0.2) is 14.0 Å². The normalized spacial score (nSPS) is 18.5. The van der Waals surface area contributed by atoms with Gasteiger partial charge in [0.05, 0.1) is 29.8 Å². The molecule has 2 aromatic rings. The number of amides is 4. The molecule has 2 saturated heterocycles. The SMILES string of the molecule is CCOC(=O)CC1CCN(C(=O)N2CCN(C(=O)N(C)[C@H](C)c3cc(C(F)(F)F)cc(C(F)(F)F)c3)[C@@H](c3ccc(F)cc3C)C2)CC1. The van der Waals surface area contributed by atoms with Crippen molar-refractivity contribution in [2.75, 3.05) is 46.4 Å². The number of carbonyl (C=O) groups is 3. The highest BCUT2D eigenvalue weighted by atomic mass is 19.4. The number of hydrogen-bond acceptors (Lipinski definition) is 4. The van der Waals surface area contributed by atoms with Gasteiger partial charge in [0, 0.05) is 46.2 Å². The molecule has 4 rings (SSSR count). The molecule has 2 heterocycles. The van der Waals surface area contributed by atoms with Crippen molar-refractivity contribution in [2.24, 2.45) is 5.92 Å². The van der Waals surface area contributed by atoms with Crippen LogP contribution in [0.4, 0.5) is 40.3 Å². The van der Waals surface area contributed by atoms with Crippen LogP contribution in [0.5, 0.6) is 0 Å². The first-order valence-corrected chi connectivity index (χ1v) is 15.7. The molecule has 0 spiro atoms. The second-order valence-electron chi connectivity index (χ2n) is 12.3. The molecule has 0 aromatic heterocycles. The van der Waals surface area contributed by atoms with Crippen molar-refractivity contribution in [3.05, 3.63) is 70.0 Å². The van der Waals surface area contributed by atoms with Crippen LogP contribution in [-0.2, 0) is 21.9 Å². The van der Waals surface area contributed by atoms with E-state index < -0.39 is 47.4 Å². The Bertz CT molecular complexity index is 1460. The lowest BCUT2D eigenvalue weighted by molar-refractivity contribution is -0.145. The van der Waals surface area contributed by atoms with Crippen molar-refractivity contribution in [3.8, 4) is 0 Å². The number of carbonyl (C=O) groups excluding carboxylic acids is 3. The molecule has 0 bridgehead atoms. The van der Waals surface area contributed by atoms with Crippen LogP contribution in [0.3, 0.4) is 0 Å². The summed E-state index contributed by atoms with van der Waals surface area (Å²) in [4.78, 5) is 45.2. The molecule has 0 N–H and O–H groups in total. The standard InChI is InChI=1S/C33H39F7N4O4/c1-5-48-29(45)15-22-8-10-42(11-9-22)31(47)43-12-13-44(28(19-43)27-7-6-26(34)14-20(27)2)30(46)41(4)21(3)23-16-24(32(35,36)37)18-25(17-23)33(38,39)40/h6-7,14,16-18,21-22,28H,5,8-13,15,19H2,1-4H3/t21-,28-/m1/s1. The molecular formula is C33H39F7N4O4. The van der Waals surface area contributed by atoms with E-state index in [0.29, 0.717) is 49.2 Å². The van der Waals surface area contributed by atoms with Crippen molar-refractivity contribution >= 4 is 18.0 Å². The van der Waals surface area contributed by atoms with Gasteiger partial charge in [-0.15, -0.1) is 0 Å². The zero-order valence-electron chi connectivity index (χ0n) is 27.1. The smallest absolute Gasteiger partial charge is 0.416 e. The molecule has 0 aliphatic carbocycles. The zero-order valence-corrected chi connectivity index (χ0v) is 27.1. The molecule has 48 heavy (non-hydrogen) atoms. The minimum absolute atomic E-state index is 0.00116. The average Bonchev–Trinajstić information content (AvgIpc) is 3.02. The maximum atomic E-state index is 14.1. The number of hydrogen-bond donors (Lipinski definition) is 0. The van der Waals surface area contributed by atoms with Gasteiger partial charge < -0.3 is 24.3 Å². The third kappa shape index (κ3) is 8.51. The van der Waals surface area contributed by atoms with Crippen molar-refractivity contribution in [2.45, 2.75) is 64.5 Å². The summed E-state index contributed by atoms with van der Waals surface area (Å²) in [6, 6.07) is 2.26. The van der Waals surface area contributed by atoms with Crippen LogP contribution in [0, 0.1) is 18.7 Å². The van der Waals surface area contributed by atoms with Crippen molar-refractivity contribution < 1.29 is 49.9 Å². The molecule has 2 aromatic carbocycles. The Morgan fingerprint density at radius 2 is 1.52 bits per heavy atom. The lowest BCUT2D eigenvalue weighted by Gasteiger charge is -2.45. The molecular weight excluding hydrogens is 649 g/mol. The van der Waals surface area contributed by atoms with Crippen LogP contribution in [0.15, 0.2) is 36.4 Å². The Balaban J connectivity index is 1.56. The van der Waals surface area contributed by atoms with Gasteiger partial charge >= 0.3 is 30.4 Å². The van der Waals surface area contributed by atoms with E-state index >= 15 is 0 Å². The topological polar surface area (TPSA) is 73.4 Å². The molecule has 8 nitrogen and oxygen atoms in total. The molecule has 0 saturated carbocycles. The number of piperidine rings is 1. The van der Waals surface area contributed by atoms with Gasteiger partial charge in [0.2, 0.25) is 0 Å². The fourth-order valence-electron chi connectivity index (χ4n) is 6.26. The van der Waals surface area contributed by atoms with E-state index in [0.717, 1.165) is 4.90 Å². The van der Waals surface area contributed by atoms with Gasteiger partial charge in [0.1, 0.15) is 5.82 Å². The van der Waals surface area contributed by atoms with Gasteiger partial charge in [-0.1, -0.05) is 6.07 Å². The lowest BCUT2D eigenvalue weighted by Crippen LogP contribution is -2.58. The summed E-state index contributed by atoms with van der Waals surface area (Å²) in [6.07, 6.45) is -8.62. The number of ether oxygens (including phenoxy) is 1. The van der Waals surface area contributed by atoms with Crippen LogP contribution in [-0.4, -0.2) is 84.0 Å². The number of esters is 1. The number of piperazine rings is 1. The number of urea groups is 2. The highest BCUT2D eigenvalue weighted by Crippen LogP contribution is 2.39. The number of rotatable bonds is 6. The van der Waals surface area contributed by atoms with E-state index in [1.54, 1.807) is 23.6 Å². The predicted molar refractivity (Wildman–Crippen MR) is 161 cm³/mol. The Labute approximate surface area is 274 Å². The highest BCUT2D eigenvalue weighted by molar-refractivity contribution is 5.78. The van der Waals surface area contributed by atoms with Crippen molar-refractivity contribution in [1.82, 2.24) is 19.6 Å². The van der Waals surface area contributed by atoms with Crippen LogP contribution < -0.4 is 0 Å². The summed E-state index contributed by atoms with van der Waals surface area (Å²) in [5.41, 5.74) is -2.30. The minimum atomic E-state index is -5.05. The second-order valence-corrected chi connectivity index (χ2v) is 12.3. The molecule has 2 atom stereocenters. The first-order chi connectivity index (χ1) is 22.4. The first-order valence-electron chi connectivity index (χ1n) is 15.7. The summed E-state index contributed by atoms with van der Waals surface area (Å²) in [7, 11) is 1.28. The third-order valence-corrected chi connectivity index (χ3v) is 9.11. The number of benzene rings is 2. The fourth-order valence-corrected chi connectivity index (χ4v) is 6.26. The van der Waals surface area contributed by atoms with E-state index in [9.17, 15) is 45.1 Å². The molecule has 2 fully saturated rings. The second kappa shape index (κ2) is 14.6. The summed E-state index contributed by atoms with van der Waals surface area (Å²) in [6.45, 7) is 5.95. The Morgan fingerprint density at radius 1 is 0.917 bits per heavy atom. The zero-order chi connectivity index (χ0) is 35.6. The average molecular weight is 689 g/mol. The van der Waals surface area contributed by atoms with E-state index in [1.165, 1.54) is 37.1 Å². The summed E-state index contributed by atoms with van der Waals surface area (Å²) < 4.78 is 100. The molecule has 0 unspecified atom stereocenters. The van der Waals surface area contributed by atoms with Gasteiger partial charge in [-0.2, -0.15) is 26.3 Å². The van der Waals surface area contributed by atoms with Gasteiger partial charge in [0.25, 0.3) is 0 Å². The molecule has 15 heteroatoms. The van der Waals surface area contributed by atoms with Gasteiger partial charge in [0.15, 0.2) is 0 Å². The van der Waals surface area contributed by atoms with Crippen LogP contribution in [0.25, 0.3) is 0 Å². The fraction of sp³-hybridized carbons (Fsp3) is 0.545. The van der Waals surface area contributed by atoms with E-state index in [1.807, 2.05) is 0 Å². The Morgan fingerprint density at radius 3 is 2.06 bits per heavy atom. The summed E-state index contributed by atoms with van der Waals surface area (Å²) in [5.74, 6) is -0.716. The quantitative estimate of drug-likeness (QED) is 0.234. The van der Waals surface area contributed by atoms with Crippen molar-refractivity contribution in [1.29, 1.82) is 0 Å². The number of aryl methyl sites for hydroxylation is 1. The number of halogens is 7. The van der Waals surface area contributed by atoms with Crippen LogP contribution >= 0.6 is 0 Å². The lowest BCUT2D eigenvalue weighted by atomic mass is 9.93. The van der Waals surface area contributed by atoms with E-state index in [-0.39, 0.29) is 62.2 Å². The Hall–Kier alpha value is -4.04. The summed E-state index contributed by atoms with van der Waals surface area (Å²) in [5, 5.41) is 0.